The molecule has 2 heteroatoms. The molecule has 1 aromatic rings. The third-order valence-electron chi connectivity index (χ3n) is 4.61. The SMILES string of the molecule is CCCNC(C1CCCC1)C1Cc2ccccc2O1. The molecule has 0 bridgehead atoms. The molecular weight excluding hydrogens is 234 g/mol. The van der Waals surface area contributed by atoms with Crippen LogP contribution in [0.15, 0.2) is 24.3 Å². The van der Waals surface area contributed by atoms with Crippen molar-refractivity contribution in [3.63, 3.8) is 0 Å². The Kier molecular flexibility index (Phi) is 4.07. The Labute approximate surface area is 116 Å². The maximum absolute atomic E-state index is 6.22. The monoisotopic (exact) mass is 259 g/mol. The fourth-order valence-corrected chi connectivity index (χ4v) is 3.64. The minimum absolute atomic E-state index is 0.340. The van der Waals surface area contributed by atoms with Crippen molar-refractivity contribution in [2.75, 3.05) is 6.54 Å². The van der Waals surface area contributed by atoms with E-state index in [9.17, 15) is 0 Å². The van der Waals surface area contributed by atoms with Gasteiger partial charge < -0.3 is 10.1 Å². The van der Waals surface area contributed by atoms with Crippen molar-refractivity contribution in [1.82, 2.24) is 5.32 Å². The predicted octanol–water partition coefficient (Wildman–Crippen LogP) is 3.55. The van der Waals surface area contributed by atoms with Crippen LogP contribution in [0.5, 0.6) is 5.75 Å². The first-order chi connectivity index (χ1) is 9.38. The van der Waals surface area contributed by atoms with E-state index in [1.54, 1.807) is 0 Å². The highest BCUT2D eigenvalue weighted by Crippen LogP contribution is 2.35. The van der Waals surface area contributed by atoms with Gasteiger partial charge >= 0.3 is 0 Å². The van der Waals surface area contributed by atoms with E-state index >= 15 is 0 Å². The molecule has 2 nitrogen and oxygen atoms in total. The number of hydrogen-bond donors (Lipinski definition) is 1. The van der Waals surface area contributed by atoms with Gasteiger partial charge in [-0.1, -0.05) is 38.0 Å². The van der Waals surface area contributed by atoms with Crippen LogP contribution in [-0.4, -0.2) is 18.7 Å². The summed E-state index contributed by atoms with van der Waals surface area (Å²) in [4.78, 5) is 0. The molecule has 1 aliphatic carbocycles. The second-order valence-electron chi connectivity index (χ2n) is 5.99. The van der Waals surface area contributed by atoms with E-state index in [4.69, 9.17) is 4.74 Å². The summed E-state index contributed by atoms with van der Waals surface area (Å²) < 4.78 is 6.22. The lowest BCUT2D eigenvalue weighted by molar-refractivity contribution is 0.141. The lowest BCUT2D eigenvalue weighted by Crippen LogP contribution is -2.47. The molecule has 3 rings (SSSR count). The first kappa shape index (κ1) is 13.0. The number of ether oxygens (including phenoxy) is 1. The highest BCUT2D eigenvalue weighted by molar-refractivity contribution is 5.37. The van der Waals surface area contributed by atoms with Crippen molar-refractivity contribution < 1.29 is 4.74 Å². The molecule has 2 aliphatic rings. The van der Waals surface area contributed by atoms with Crippen LogP contribution in [0.2, 0.25) is 0 Å². The zero-order chi connectivity index (χ0) is 13.1. The smallest absolute Gasteiger partial charge is 0.123 e. The number of hydrogen-bond acceptors (Lipinski definition) is 2. The molecule has 2 atom stereocenters. The van der Waals surface area contributed by atoms with E-state index in [1.165, 1.54) is 37.7 Å². The standard InChI is InChI=1S/C17H25NO/c1-2-11-18-17(13-7-3-4-8-13)16-12-14-9-5-6-10-15(14)19-16/h5-6,9-10,13,16-18H,2-4,7-8,11-12H2,1H3. The Hall–Kier alpha value is -1.02. The topological polar surface area (TPSA) is 21.3 Å². The van der Waals surface area contributed by atoms with E-state index < -0.39 is 0 Å². The van der Waals surface area contributed by atoms with Gasteiger partial charge in [-0.05, 0) is 43.4 Å². The maximum atomic E-state index is 6.22. The molecule has 0 aromatic heterocycles. The third kappa shape index (κ3) is 2.79. The Morgan fingerprint density at radius 1 is 1.26 bits per heavy atom. The summed E-state index contributed by atoms with van der Waals surface area (Å²) in [5.41, 5.74) is 1.38. The van der Waals surface area contributed by atoms with Gasteiger partial charge in [0.2, 0.25) is 0 Å². The van der Waals surface area contributed by atoms with Crippen molar-refractivity contribution in [1.29, 1.82) is 0 Å². The predicted molar refractivity (Wildman–Crippen MR) is 78.6 cm³/mol. The number of rotatable bonds is 5. The van der Waals surface area contributed by atoms with E-state index in [0.717, 1.165) is 24.6 Å². The minimum Gasteiger partial charge on any atom is -0.488 e. The first-order valence-corrected chi connectivity index (χ1v) is 7.86. The van der Waals surface area contributed by atoms with Crippen LogP contribution in [-0.2, 0) is 6.42 Å². The van der Waals surface area contributed by atoms with Gasteiger partial charge in [0.05, 0.1) is 0 Å². The van der Waals surface area contributed by atoms with Gasteiger partial charge in [0.1, 0.15) is 11.9 Å². The van der Waals surface area contributed by atoms with Crippen molar-refractivity contribution in [3.05, 3.63) is 29.8 Å². The number of fused-ring (bicyclic) bond motifs is 1. The lowest BCUT2D eigenvalue weighted by Gasteiger charge is -2.29. The molecule has 2 unspecified atom stereocenters. The average molecular weight is 259 g/mol. The largest absolute Gasteiger partial charge is 0.488 e. The van der Waals surface area contributed by atoms with Crippen LogP contribution < -0.4 is 10.1 Å². The van der Waals surface area contributed by atoms with Crippen molar-refractivity contribution in [3.8, 4) is 5.75 Å². The summed E-state index contributed by atoms with van der Waals surface area (Å²) in [7, 11) is 0. The summed E-state index contributed by atoms with van der Waals surface area (Å²) in [6.07, 6.45) is 8.15. The molecule has 0 saturated heterocycles. The molecule has 104 valence electrons. The summed E-state index contributed by atoms with van der Waals surface area (Å²) in [6.45, 7) is 3.35. The number of nitrogens with one attached hydrogen (secondary N) is 1. The second kappa shape index (κ2) is 5.96. The Balaban J connectivity index is 1.70. The van der Waals surface area contributed by atoms with E-state index in [1.807, 2.05) is 0 Å². The zero-order valence-corrected chi connectivity index (χ0v) is 11.9. The summed E-state index contributed by atoms with van der Waals surface area (Å²) in [5, 5.41) is 3.76. The van der Waals surface area contributed by atoms with E-state index in [-0.39, 0.29) is 0 Å². The van der Waals surface area contributed by atoms with Crippen LogP contribution in [0, 0.1) is 5.92 Å². The van der Waals surface area contributed by atoms with Gasteiger partial charge in [-0.2, -0.15) is 0 Å². The Morgan fingerprint density at radius 2 is 2.05 bits per heavy atom. The van der Waals surface area contributed by atoms with Crippen molar-refractivity contribution in [2.45, 2.75) is 57.6 Å². The number of para-hydroxylation sites is 1. The van der Waals surface area contributed by atoms with Crippen LogP contribution >= 0.6 is 0 Å². The normalized spacial score (nSPS) is 24.2. The zero-order valence-electron chi connectivity index (χ0n) is 11.9. The molecular formula is C17H25NO. The van der Waals surface area contributed by atoms with Crippen LogP contribution in [0.3, 0.4) is 0 Å². The highest BCUT2D eigenvalue weighted by atomic mass is 16.5. The summed E-state index contributed by atoms with van der Waals surface area (Å²) in [5.74, 6) is 1.92. The van der Waals surface area contributed by atoms with Gasteiger partial charge in [0.15, 0.2) is 0 Å². The summed E-state index contributed by atoms with van der Waals surface area (Å²) >= 11 is 0. The molecule has 1 aliphatic heterocycles. The van der Waals surface area contributed by atoms with Crippen molar-refractivity contribution in [2.24, 2.45) is 5.92 Å². The minimum atomic E-state index is 0.340. The Morgan fingerprint density at radius 3 is 2.79 bits per heavy atom. The second-order valence-corrected chi connectivity index (χ2v) is 5.99. The molecule has 1 N–H and O–H groups in total. The molecule has 1 saturated carbocycles. The molecule has 1 aromatic carbocycles. The fourth-order valence-electron chi connectivity index (χ4n) is 3.64. The van der Waals surface area contributed by atoms with Gasteiger partial charge in [-0.3, -0.25) is 0 Å². The van der Waals surface area contributed by atoms with E-state index in [0.29, 0.717) is 12.1 Å². The van der Waals surface area contributed by atoms with Crippen LogP contribution in [0.25, 0.3) is 0 Å². The molecule has 0 radical (unpaired) electrons. The molecule has 1 fully saturated rings. The molecule has 19 heavy (non-hydrogen) atoms. The van der Waals surface area contributed by atoms with Gasteiger partial charge in [0, 0.05) is 12.5 Å². The summed E-state index contributed by atoms with van der Waals surface area (Å²) in [6, 6.07) is 9.05. The maximum Gasteiger partial charge on any atom is 0.123 e. The fraction of sp³-hybridized carbons (Fsp3) is 0.647. The van der Waals surface area contributed by atoms with Gasteiger partial charge in [-0.15, -0.1) is 0 Å². The highest BCUT2D eigenvalue weighted by Gasteiger charge is 2.35. The van der Waals surface area contributed by atoms with Crippen LogP contribution in [0.4, 0.5) is 0 Å². The van der Waals surface area contributed by atoms with Gasteiger partial charge in [-0.25, -0.2) is 0 Å². The van der Waals surface area contributed by atoms with Gasteiger partial charge in [0.25, 0.3) is 0 Å². The first-order valence-electron chi connectivity index (χ1n) is 7.86. The average Bonchev–Trinajstić information content (AvgIpc) is 3.08. The van der Waals surface area contributed by atoms with E-state index in [2.05, 4.69) is 36.5 Å². The lowest BCUT2D eigenvalue weighted by atomic mass is 9.91. The Bertz CT molecular complexity index is 386. The third-order valence-corrected chi connectivity index (χ3v) is 4.61. The quantitative estimate of drug-likeness (QED) is 0.873. The van der Waals surface area contributed by atoms with Crippen molar-refractivity contribution >= 4 is 0 Å². The molecule has 1 heterocycles. The number of benzene rings is 1. The van der Waals surface area contributed by atoms with Crippen LogP contribution in [0.1, 0.15) is 44.6 Å². The molecule has 0 amide bonds. The molecule has 0 spiro atoms.